The number of hydrogen-bond acceptors (Lipinski definition) is 1. The van der Waals surface area contributed by atoms with E-state index >= 15 is 0 Å². The molecule has 0 aromatic carbocycles. The fourth-order valence-electron chi connectivity index (χ4n) is 4.02. The molecular weight excluding hydrogens is 290 g/mol. The molecule has 1 aliphatic rings. The summed E-state index contributed by atoms with van der Waals surface area (Å²) in [5.74, 6) is 2.14. The first-order chi connectivity index (χ1) is 11.8. The van der Waals surface area contributed by atoms with E-state index in [1.165, 1.54) is 57.8 Å². The van der Waals surface area contributed by atoms with Gasteiger partial charge in [0.1, 0.15) is 0 Å². The van der Waals surface area contributed by atoms with Gasteiger partial charge < -0.3 is 0 Å². The van der Waals surface area contributed by atoms with Crippen molar-refractivity contribution in [2.75, 3.05) is 0 Å². The third-order valence-electron chi connectivity index (χ3n) is 5.61. The Bertz CT molecular complexity index is 343. The molecule has 1 heterocycles. The maximum absolute atomic E-state index is 5.17. The first-order valence-electron chi connectivity index (χ1n) is 10.6. The van der Waals surface area contributed by atoms with Crippen LogP contribution >= 0.6 is 0 Å². The van der Waals surface area contributed by atoms with Gasteiger partial charge in [-0.15, -0.1) is 0 Å². The van der Waals surface area contributed by atoms with Crippen LogP contribution in [0.4, 0.5) is 0 Å². The van der Waals surface area contributed by atoms with Crippen LogP contribution in [-0.2, 0) is 0 Å². The fourth-order valence-corrected chi connectivity index (χ4v) is 4.02. The molecule has 0 saturated heterocycles. The van der Waals surface area contributed by atoms with Gasteiger partial charge in [0.05, 0.1) is 6.04 Å². The predicted molar refractivity (Wildman–Crippen MR) is 110 cm³/mol. The van der Waals surface area contributed by atoms with E-state index in [1.807, 2.05) is 0 Å². The van der Waals surface area contributed by atoms with Crippen molar-refractivity contribution in [2.45, 2.75) is 97.9 Å². The quantitative estimate of drug-likeness (QED) is 0.411. The van der Waals surface area contributed by atoms with Crippen molar-refractivity contribution >= 4 is 6.21 Å². The van der Waals surface area contributed by atoms with E-state index in [-0.39, 0.29) is 0 Å². The van der Waals surface area contributed by atoms with Crippen LogP contribution in [0.2, 0.25) is 0 Å². The van der Waals surface area contributed by atoms with Gasteiger partial charge >= 0.3 is 0 Å². The van der Waals surface area contributed by atoms with Crippen molar-refractivity contribution in [1.29, 1.82) is 0 Å². The molecular formula is C23H41N. The lowest BCUT2D eigenvalue weighted by molar-refractivity contribution is 0.365. The topological polar surface area (TPSA) is 12.4 Å². The lowest BCUT2D eigenvalue weighted by atomic mass is 9.84. The average Bonchev–Trinajstić information content (AvgIpc) is 2.59. The molecule has 0 bridgehead atoms. The van der Waals surface area contributed by atoms with Crippen LogP contribution in [0, 0.1) is 17.8 Å². The molecule has 24 heavy (non-hydrogen) atoms. The Hall–Kier alpha value is -0.850. The lowest BCUT2D eigenvalue weighted by Crippen LogP contribution is -2.21. The second-order valence-corrected chi connectivity index (χ2v) is 7.43. The van der Waals surface area contributed by atoms with Crippen molar-refractivity contribution in [3.63, 3.8) is 0 Å². The van der Waals surface area contributed by atoms with E-state index in [4.69, 9.17) is 4.99 Å². The molecule has 1 aliphatic heterocycles. The second-order valence-electron chi connectivity index (χ2n) is 7.43. The largest absolute Gasteiger partial charge is 0.293 e. The summed E-state index contributed by atoms with van der Waals surface area (Å²) in [5, 5.41) is 0. The summed E-state index contributed by atoms with van der Waals surface area (Å²) in [6.07, 6.45) is 24.2. The molecule has 0 radical (unpaired) electrons. The standard InChI is InChI=1S/C23H41N/c1-5-15-20(7-3)22-17-13-11-9-10-12-14-18-23(24-19-22)21(8-4)16-6-2/h11-14,19-23H,5-10,15-18H2,1-4H3. The molecule has 0 amide bonds. The third kappa shape index (κ3) is 7.81. The molecule has 0 spiro atoms. The highest BCUT2D eigenvalue weighted by molar-refractivity contribution is 5.62. The number of aliphatic imine (C=N–C) groups is 1. The van der Waals surface area contributed by atoms with E-state index in [9.17, 15) is 0 Å². The van der Waals surface area contributed by atoms with Gasteiger partial charge in [0.15, 0.2) is 0 Å². The zero-order chi connectivity index (χ0) is 17.6. The average molecular weight is 332 g/mol. The highest BCUT2D eigenvalue weighted by Gasteiger charge is 2.20. The molecule has 0 aromatic rings. The molecule has 4 atom stereocenters. The summed E-state index contributed by atoms with van der Waals surface area (Å²) in [4.78, 5) is 5.17. The van der Waals surface area contributed by atoms with Crippen LogP contribution in [-0.4, -0.2) is 12.3 Å². The monoisotopic (exact) mass is 331 g/mol. The van der Waals surface area contributed by atoms with Gasteiger partial charge in [0.2, 0.25) is 0 Å². The number of allylic oxidation sites excluding steroid dienone is 3. The number of nitrogens with zero attached hydrogens (tertiary/aromatic N) is 1. The van der Waals surface area contributed by atoms with Crippen molar-refractivity contribution in [3.8, 4) is 0 Å². The van der Waals surface area contributed by atoms with Gasteiger partial charge in [-0.05, 0) is 43.9 Å². The van der Waals surface area contributed by atoms with E-state index in [0.29, 0.717) is 12.0 Å². The van der Waals surface area contributed by atoms with Crippen molar-refractivity contribution in [1.82, 2.24) is 0 Å². The molecule has 0 saturated carbocycles. The SMILES string of the molecule is CCCC(CC)C1C=NC(C(CC)CCC)CC=CCCC=CC1. The molecule has 1 nitrogen and oxygen atoms in total. The summed E-state index contributed by atoms with van der Waals surface area (Å²) in [5.41, 5.74) is 0. The van der Waals surface area contributed by atoms with Crippen LogP contribution in [0.3, 0.4) is 0 Å². The molecule has 1 rings (SSSR count). The Balaban J connectivity index is 2.95. The summed E-state index contributed by atoms with van der Waals surface area (Å²) in [6.45, 7) is 9.30. The molecule has 4 unspecified atom stereocenters. The fraction of sp³-hybridized carbons (Fsp3) is 0.783. The lowest BCUT2D eigenvalue weighted by Gasteiger charge is -2.25. The Kier molecular flexibility index (Phi) is 11.9. The van der Waals surface area contributed by atoms with Gasteiger partial charge in [-0.2, -0.15) is 0 Å². The molecule has 0 fully saturated rings. The second kappa shape index (κ2) is 13.4. The molecule has 0 N–H and O–H groups in total. The summed E-state index contributed by atoms with van der Waals surface area (Å²) < 4.78 is 0. The number of rotatable bonds is 8. The zero-order valence-electron chi connectivity index (χ0n) is 16.7. The molecule has 1 heteroatoms. The maximum atomic E-state index is 5.17. The van der Waals surface area contributed by atoms with Crippen molar-refractivity contribution < 1.29 is 0 Å². The summed E-state index contributed by atoms with van der Waals surface area (Å²) in [7, 11) is 0. The van der Waals surface area contributed by atoms with E-state index in [2.05, 4.69) is 58.2 Å². The van der Waals surface area contributed by atoms with Gasteiger partial charge in [0.25, 0.3) is 0 Å². The Morgan fingerprint density at radius 3 is 1.96 bits per heavy atom. The minimum atomic E-state index is 0.483. The Labute approximate surface area is 151 Å². The maximum Gasteiger partial charge on any atom is 0.0558 e. The van der Waals surface area contributed by atoms with Gasteiger partial charge in [-0.1, -0.05) is 84.1 Å². The first-order valence-corrected chi connectivity index (χ1v) is 10.6. The molecule has 138 valence electrons. The Morgan fingerprint density at radius 2 is 1.38 bits per heavy atom. The smallest absolute Gasteiger partial charge is 0.0558 e. The van der Waals surface area contributed by atoms with E-state index in [0.717, 1.165) is 18.3 Å². The third-order valence-corrected chi connectivity index (χ3v) is 5.61. The molecule has 0 aliphatic carbocycles. The first kappa shape index (κ1) is 21.2. The minimum absolute atomic E-state index is 0.483. The zero-order valence-corrected chi connectivity index (χ0v) is 16.7. The van der Waals surface area contributed by atoms with E-state index < -0.39 is 0 Å². The number of hydrogen-bond donors (Lipinski definition) is 0. The van der Waals surface area contributed by atoms with Crippen LogP contribution < -0.4 is 0 Å². The summed E-state index contributed by atoms with van der Waals surface area (Å²) >= 11 is 0. The normalized spacial score (nSPS) is 25.0. The van der Waals surface area contributed by atoms with Crippen LogP contribution in [0.5, 0.6) is 0 Å². The predicted octanol–water partition coefficient (Wildman–Crippen LogP) is 7.38. The highest BCUT2D eigenvalue weighted by Crippen LogP contribution is 2.26. The van der Waals surface area contributed by atoms with Crippen LogP contribution in [0.15, 0.2) is 29.3 Å². The van der Waals surface area contributed by atoms with Crippen LogP contribution in [0.25, 0.3) is 0 Å². The van der Waals surface area contributed by atoms with E-state index in [1.54, 1.807) is 0 Å². The van der Waals surface area contributed by atoms with Gasteiger partial charge in [-0.25, -0.2) is 0 Å². The van der Waals surface area contributed by atoms with Gasteiger partial charge in [-0.3, -0.25) is 4.99 Å². The van der Waals surface area contributed by atoms with Gasteiger partial charge in [0, 0.05) is 12.1 Å². The highest BCUT2D eigenvalue weighted by atomic mass is 14.8. The van der Waals surface area contributed by atoms with Crippen molar-refractivity contribution in [3.05, 3.63) is 24.3 Å². The van der Waals surface area contributed by atoms with Crippen molar-refractivity contribution in [2.24, 2.45) is 22.7 Å². The summed E-state index contributed by atoms with van der Waals surface area (Å²) in [6, 6.07) is 0.483. The minimum Gasteiger partial charge on any atom is -0.293 e. The van der Waals surface area contributed by atoms with Crippen LogP contribution in [0.1, 0.15) is 91.9 Å². The molecule has 0 aromatic heterocycles. The Morgan fingerprint density at radius 1 is 0.792 bits per heavy atom.